The van der Waals surface area contributed by atoms with Gasteiger partial charge in [-0.25, -0.2) is 4.98 Å². The molecule has 2 aromatic heterocycles. The minimum Gasteiger partial charge on any atom is -0.378 e. The molecule has 1 aliphatic heterocycles. The summed E-state index contributed by atoms with van der Waals surface area (Å²) in [4.78, 5) is 6.68. The molecule has 0 spiro atoms. The molecule has 0 unspecified atom stereocenters. The number of anilines is 1. The van der Waals surface area contributed by atoms with Crippen LogP contribution in [0.2, 0.25) is 0 Å². The van der Waals surface area contributed by atoms with E-state index in [1.165, 1.54) is 0 Å². The third-order valence-corrected chi connectivity index (χ3v) is 3.65. The van der Waals surface area contributed by atoms with Gasteiger partial charge in [-0.15, -0.1) is 10.2 Å². The SMILES string of the molecule is c1ccc(-c2nnc3c(N4CCOCC4)nccn23)cc1. The second-order valence-electron chi connectivity index (χ2n) is 4.93. The molecule has 1 fully saturated rings. The van der Waals surface area contributed by atoms with Gasteiger partial charge in [0.15, 0.2) is 11.6 Å². The number of hydrogen-bond donors (Lipinski definition) is 0. The minimum atomic E-state index is 0.725. The predicted octanol–water partition coefficient (Wildman–Crippen LogP) is 1.63. The van der Waals surface area contributed by atoms with E-state index in [-0.39, 0.29) is 0 Å². The molecule has 0 bridgehead atoms. The van der Waals surface area contributed by atoms with Crippen LogP contribution in [-0.4, -0.2) is 45.9 Å². The Bertz CT molecular complexity index is 749. The number of ether oxygens (including phenoxy) is 1. The Labute approximate surface area is 122 Å². The van der Waals surface area contributed by atoms with Gasteiger partial charge < -0.3 is 9.64 Å². The zero-order valence-corrected chi connectivity index (χ0v) is 11.5. The second kappa shape index (κ2) is 5.14. The van der Waals surface area contributed by atoms with Crippen LogP contribution in [0, 0.1) is 0 Å². The van der Waals surface area contributed by atoms with Crippen LogP contribution < -0.4 is 4.90 Å². The third kappa shape index (κ3) is 2.13. The number of hydrogen-bond acceptors (Lipinski definition) is 5. The topological polar surface area (TPSA) is 55.5 Å². The highest BCUT2D eigenvalue weighted by Gasteiger charge is 2.18. The average molecular weight is 281 g/mol. The van der Waals surface area contributed by atoms with E-state index in [4.69, 9.17) is 4.74 Å². The number of aromatic nitrogens is 4. The van der Waals surface area contributed by atoms with Crippen LogP contribution in [-0.2, 0) is 4.74 Å². The molecule has 0 atom stereocenters. The van der Waals surface area contributed by atoms with Gasteiger partial charge in [0.2, 0.25) is 5.65 Å². The van der Waals surface area contributed by atoms with Crippen molar-refractivity contribution in [2.45, 2.75) is 0 Å². The van der Waals surface area contributed by atoms with Crippen molar-refractivity contribution in [3.8, 4) is 11.4 Å². The van der Waals surface area contributed by atoms with Gasteiger partial charge in [0.25, 0.3) is 0 Å². The lowest BCUT2D eigenvalue weighted by Crippen LogP contribution is -2.37. The summed E-state index contributed by atoms with van der Waals surface area (Å²) < 4.78 is 7.39. The standard InChI is InChI=1S/C15H15N5O/c1-2-4-12(5-3-1)13-17-18-15-14(16-6-7-20(13)15)19-8-10-21-11-9-19/h1-7H,8-11H2. The largest absolute Gasteiger partial charge is 0.378 e. The molecular formula is C15H15N5O. The van der Waals surface area contributed by atoms with Crippen molar-refractivity contribution >= 4 is 11.5 Å². The van der Waals surface area contributed by atoms with Crippen molar-refractivity contribution in [2.24, 2.45) is 0 Å². The van der Waals surface area contributed by atoms with Crippen molar-refractivity contribution in [3.05, 3.63) is 42.7 Å². The fourth-order valence-electron chi connectivity index (χ4n) is 2.60. The molecule has 1 saturated heterocycles. The van der Waals surface area contributed by atoms with Gasteiger partial charge in [0.05, 0.1) is 13.2 Å². The van der Waals surface area contributed by atoms with Crippen molar-refractivity contribution in [1.82, 2.24) is 19.6 Å². The van der Waals surface area contributed by atoms with Gasteiger partial charge in [0.1, 0.15) is 0 Å². The molecule has 4 rings (SSSR count). The molecule has 0 aliphatic carbocycles. The number of morpholine rings is 1. The number of fused-ring (bicyclic) bond motifs is 1. The van der Waals surface area contributed by atoms with Crippen LogP contribution in [0.4, 0.5) is 5.82 Å². The van der Waals surface area contributed by atoms with Gasteiger partial charge in [-0.1, -0.05) is 30.3 Å². The number of rotatable bonds is 2. The summed E-state index contributed by atoms with van der Waals surface area (Å²) in [6, 6.07) is 10.1. The van der Waals surface area contributed by atoms with Gasteiger partial charge >= 0.3 is 0 Å². The Balaban J connectivity index is 1.83. The fourth-order valence-corrected chi connectivity index (χ4v) is 2.60. The summed E-state index contributed by atoms with van der Waals surface area (Å²) in [7, 11) is 0. The first-order valence-corrected chi connectivity index (χ1v) is 7.01. The van der Waals surface area contributed by atoms with Crippen LogP contribution in [0.25, 0.3) is 17.0 Å². The Morgan fingerprint density at radius 1 is 1.00 bits per heavy atom. The average Bonchev–Trinajstić information content (AvgIpc) is 3.00. The maximum Gasteiger partial charge on any atom is 0.204 e. The fraction of sp³-hybridized carbons (Fsp3) is 0.267. The zero-order valence-electron chi connectivity index (χ0n) is 11.5. The van der Waals surface area contributed by atoms with Crippen molar-refractivity contribution in [1.29, 1.82) is 0 Å². The quantitative estimate of drug-likeness (QED) is 0.714. The molecule has 21 heavy (non-hydrogen) atoms. The van der Waals surface area contributed by atoms with Crippen LogP contribution in [0.5, 0.6) is 0 Å². The maximum atomic E-state index is 5.40. The molecule has 0 N–H and O–H groups in total. The van der Waals surface area contributed by atoms with Crippen molar-refractivity contribution in [3.63, 3.8) is 0 Å². The monoisotopic (exact) mass is 281 g/mol. The summed E-state index contributed by atoms with van der Waals surface area (Å²) in [6.07, 6.45) is 3.70. The highest BCUT2D eigenvalue weighted by molar-refractivity contribution is 5.68. The van der Waals surface area contributed by atoms with Crippen LogP contribution in [0.3, 0.4) is 0 Å². The summed E-state index contributed by atoms with van der Waals surface area (Å²) in [5.74, 6) is 1.71. The van der Waals surface area contributed by atoms with Gasteiger partial charge in [-0.05, 0) is 0 Å². The van der Waals surface area contributed by atoms with E-state index in [2.05, 4.69) is 20.1 Å². The number of benzene rings is 1. The van der Waals surface area contributed by atoms with Crippen molar-refractivity contribution in [2.75, 3.05) is 31.2 Å². The van der Waals surface area contributed by atoms with Crippen molar-refractivity contribution < 1.29 is 4.74 Å². The first-order chi connectivity index (χ1) is 10.4. The lowest BCUT2D eigenvalue weighted by Gasteiger charge is -2.27. The molecule has 0 amide bonds. The molecule has 1 aromatic carbocycles. The molecule has 3 aromatic rings. The van der Waals surface area contributed by atoms with Gasteiger partial charge in [-0.2, -0.15) is 0 Å². The number of nitrogens with zero attached hydrogens (tertiary/aromatic N) is 5. The van der Waals surface area contributed by atoms with E-state index in [1.807, 2.05) is 40.9 Å². The summed E-state index contributed by atoms with van der Waals surface area (Å²) in [5.41, 5.74) is 1.84. The third-order valence-electron chi connectivity index (χ3n) is 3.65. The lowest BCUT2D eigenvalue weighted by molar-refractivity contribution is 0.122. The van der Waals surface area contributed by atoms with E-state index in [0.29, 0.717) is 0 Å². The molecule has 6 nitrogen and oxygen atoms in total. The Morgan fingerprint density at radius 3 is 2.62 bits per heavy atom. The first-order valence-electron chi connectivity index (χ1n) is 7.01. The Kier molecular flexibility index (Phi) is 3.01. The molecule has 0 radical (unpaired) electrons. The zero-order chi connectivity index (χ0) is 14.1. The molecule has 0 saturated carbocycles. The predicted molar refractivity (Wildman–Crippen MR) is 79.3 cm³/mol. The van der Waals surface area contributed by atoms with E-state index < -0.39 is 0 Å². The van der Waals surface area contributed by atoms with Crippen LogP contribution in [0.15, 0.2) is 42.7 Å². The van der Waals surface area contributed by atoms with Gasteiger partial charge in [0, 0.05) is 31.0 Å². The minimum absolute atomic E-state index is 0.725. The van der Waals surface area contributed by atoms with Crippen LogP contribution in [0.1, 0.15) is 0 Å². The molecule has 6 heteroatoms. The summed E-state index contributed by atoms with van der Waals surface area (Å²) >= 11 is 0. The van der Waals surface area contributed by atoms with E-state index in [0.717, 1.165) is 49.2 Å². The normalized spacial score (nSPS) is 15.5. The highest BCUT2D eigenvalue weighted by atomic mass is 16.5. The lowest BCUT2D eigenvalue weighted by atomic mass is 10.2. The Hall–Kier alpha value is -2.47. The maximum absolute atomic E-state index is 5.40. The Morgan fingerprint density at radius 2 is 1.81 bits per heavy atom. The molecule has 3 heterocycles. The summed E-state index contributed by atoms with van der Waals surface area (Å²) in [6.45, 7) is 3.12. The second-order valence-corrected chi connectivity index (χ2v) is 4.93. The van der Waals surface area contributed by atoms with E-state index in [1.54, 1.807) is 6.20 Å². The van der Waals surface area contributed by atoms with Gasteiger partial charge in [-0.3, -0.25) is 4.40 Å². The summed E-state index contributed by atoms with van der Waals surface area (Å²) in [5, 5.41) is 8.67. The van der Waals surface area contributed by atoms with E-state index in [9.17, 15) is 0 Å². The van der Waals surface area contributed by atoms with E-state index >= 15 is 0 Å². The molecule has 106 valence electrons. The smallest absolute Gasteiger partial charge is 0.204 e. The van der Waals surface area contributed by atoms with Crippen LogP contribution >= 0.6 is 0 Å². The molecule has 1 aliphatic rings. The molecular weight excluding hydrogens is 266 g/mol. The first kappa shape index (κ1) is 12.3. The highest BCUT2D eigenvalue weighted by Crippen LogP contribution is 2.23.